The highest BCUT2D eigenvalue weighted by atomic mass is 79.9. The smallest absolute Gasteiger partial charge is 0.137 e. The van der Waals surface area contributed by atoms with Crippen LogP contribution in [0.4, 0.5) is 4.39 Å². The zero-order chi connectivity index (χ0) is 9.42. The van der Waals surface area contributed by atoms with Crippen molar-refractivity contribution >= 4 is 15.9 Å². The van der Waals surface area contributed by atoms with Crippen molar-refractivity contribution in [2.75, 3.05) is 0 Å². The van der Waals surface area contributed by atoms with Gasteiger partial charge in [0.05, 0.1) is 4.47 Å². The number of rotatable bonds is 0. The number of nitrogens with one attached hydrogen (secondary N) is 1. The second-order valence-electron chi connectivity index (χ2n) is 3.49. The molecule has 0 saturated heterocycles. The quantitative estimate of drug-likeness (QED) is 0.739. The van der Waals surface area contributed by atoms with Crippen LogP contribution in [0.2, 0.25) is 0 Å². The van der Waals surface area contributed by atoms with Crippen molar-refractivity contribution < 1.29 is 4.39 Å². The standard InChI is InChI=1S/C10H11BrFN/c1-6-4-7-2-3-9(12)10(11)8(7)5-13-6/h2-3,6,13H,4-5H2,1H3. The molecule has 0 aromatic heterocycles. The van der Waals surface area contributed by atoms with Crippen LogP contribution in [0.25, 0.3) is 0 Å². The third-order valence-electron chi connectivity index (χ3n) is 2.45. The number of hydrogen-bond donors (Lipinski definition) is 1. The van der Waals surface area contributed by atoms with Crippen LogP contribution in [0.15, 0.2) is 16.6 Å². The Labute approximate surface area is 85.5 Å². The van der Waals surface area contributed by atoms with Crippen molar-refractivity contribution in [2.45, 2.75) is 25.9 Å². The summed E-state index contributed by atoms with van der Waals surface area (Å²) in [6, 6.07) is 3.90. The summed E-state index contributed by atoms with van der Waals surface area (Å²) in [5.74, 6) is -0.171. The second-order valence-corrected chi connectivity index (χ2v) is 4.28. The van der Waals surface area contributed by atoms with Crippen LogP contribution in [0.1, 0.15) is 18.1 Å². The zero-order valence-electron chi connectivity index (χ0n) is 7.40. The summed E-state index contributed by atoms with van der Waals surface area (Å²) in [6.45, 7) is 2.90. The fourth-order valence-electron chi connectivity index (χ4n) is 1.69. The van der Waals surface area contributed by atoms with Crippen LogP contribution in [0.3, 0.4) is 0 Å². The first-order chi connectivity index (χ1) is 6.18. The Kier molecular flexibility index (Phi) is 2.39. The largest absolute Gasteiger partial charge is 0.310 e. The topological polar surface area (TPSA) is 12.0 Å². The molecule has 0 radical (unpaired) electrons. The molecule has 1 aliphatic heterocycles. The summed E-state index contributed by atoms with van der Waals surface area (Å²) in [5.41, 5.74) is 2.32. The fourth-order valence-corrected chi connectivity index (χ4v) is 2.22. The Morgan fingerprint density at radius 2 is 2.31 bits per heavy atom. The van der Waals surface area contributed by atoms with E-state index in [0.29, 0.717) is 10.5 Å². The van der Waals surface area contributed by atoms with Gasteiger partial charge >= 0.3 is 0 Å². The van der Waals surface area contributed by atoms with E-state index in [0.717, 1.165) is 18.5 Å². The van der Waals surface area contributed by atoms with Crippen LogP contribution < -0.4 is 5.32 Å². The molecule has 2 rings (SSSR count). The molecule has 1 nitrogen and oxygen atoms in total. The average Bonchev–Trinajstić information content (AvgIpc) is 2.12. The first-order valence-electron chi connectivity index (χ1n) is 4.37. The number of benzene rings is 1. The van der Waals surface area contributed by atoms with E-state index in [2.05, 4.69) is 28.2 Å². The molecule has 1 aromatic rings. The third-order valence-corrected chi connectivity index (χ3v) is 3.30. The van der Waals surface area contributed by atoms with E-state index in [9.17, 15) is 4.39 Å². The number of fused-ring (bicyclic) bond motifs is 1. The van der Waals surface area contributed by atoms with E-state index >= 15 is 0 Å². The van der Waals surface area contributed by atoms with Gasteiger partial charge in [0.15, 0.2) is 0 Å². The molecular weight excluding hydrogens is 233 g/mol. The summed E-state index contributed by atoms with van der Waals surface area (Å²) < 4.78 is 13.7. The Balaban J connectivity index is 2.47. The predicted octanol–water partition coefficient (Wildman–Crippen LogP) is 2.62. The van der Waals surface area contributed by atoms with Gasteiger partial charge in [-0.25, -0.2) is 4.39 Å². The van der Waals surface area contributed by atoms with Gasteiger partial charge in [-0.15, -0.1) is 0 Å². The molecule has 13 heavy (non-hydrogen) atoms. The van der Waals surface area contributed by atoms with Gasteiger partial charge < -0.3 is 5.32 Å². The van der Waals surface area contributed by atoms with Gasteiger partial charge in [0, 0.05) is 12.6 Å². The number of hydrogen-bond acceptors (Lipinski definition) is 1. The molecule has 1 N–H and O–H groups in total. The number of halogens is 2. The summed E-state index contributed by atoms with van der Waals surface area (Å²) in [5, 5.41) is 3.31. The van der Waals surface area contributed by atoms with Crippen molar-refractivity contribution in [3.63, 3.8) is 0 Å². The molecule has 0 amide bonds. The van der Waals surface area contributed by atoms with Crippen LogP contribution in [-0.2, 0) is 13.0 Å². The van der Waals surface area contributed by atoms with Gasteiger partial charge in [0.25, 0.3) is 0 Å². The Hall–Kier alpha value is -0.410. The van der Waals surface area contributed by atoms with Gasteiger partial charge in [-0.3, -0.25) is 0 Å². The highest BCUT2D eigenvalue weighted by Crippen LogP contribution is 2.27. The Morgan fingerprint density at radius 1 is 1.54 bits per heavy atom. The molecular formula is C10H11BrFN. The molecule has 1 aliphatic rings. The van der Waals surface area contributed by atoms with Crippen molar-refractivity contribution in [1.82, 2.24) is 5.32 Å². The molecule has 3 heteroatoms. The highest BCUT2D eigenvalue weighted by Gasteiger charge is 2.18. The van der Waals surface area contributed by atoms with E-state index in [1.807, 2.05) is 6.07 Å². The molecule has 1 heterocycles. The average molecular weight is 244 g/mol. The maximum Gasteiger partial charge on any atom is 0.137 e. The molecule has 1 aromatic carbocycles. The Bertz CT molecular complexity index is 338. The minimum Gasteiger partial charge on any atom is -0.310 e. The van der Waals surface area contributed by atoms with Gasteiger partial charge in [0.2, 0.25) is 0 Å². The minimum atomic E-state index is -0.171. The van der Waals surface area contributed by atoms with E-state index in [1.165, 1.54) is 11.6 Å². The molecule has 0 spiro atoms. The van der Waals surface area contributed by atoms with Crippen LogP contribution in [-0.4, -0.2) is 6.04 Å². The SMILES string of the molecule is CC1Cc2ccc(F)c(Br)c2CN1. The molecule has 0 aliphatic carbocycles. The van der Waals surface area contributed by atoms with Gasteiger partial charge in [-0.05, 0) is 46.5 Å². The lowest BCUT2D eigenvalue weighted by molar-refractivity contribution is 0.506. The molecule has 1 atom stereocenters. The molecule has 0 bridgehead atoms. The lowest BCUT2D eigenvalue weighted by Gasteiger charge is -2.24. The summed E-state index contributed by atoms with van der Waals surface area (Å²) in [7, 11) is 0. The highest BCUT2D eigenvalue weighted by molar-refractivity contribution is 9.10. The molecule has 70 valence electrons. The van der Waals surface area contributed by atoms with Gasteiger partial charge in [-0.1, -0.05) is 6.07 Å². The molecule has 0 fully saturated rings. The van der Waals surface area contributed by atoms with Crippen LogP contribution in [0, 0.1) is 5.82 Å². The summed E-state index contributed by atoms with van der Waals surface area (Å²) >= 11 is 3.27. The summed E-state index contributed by atoms with van der Waals surface area (Å²) in [4.78, 5) is 0. The summed E-state index contributed by atoms with van der Waals surface area (Å²) in [6.07, 6.45) is 0.980. The molecule has 0 saturated carbocycles. The normalized spacial score (nSPS) is 21.3. The van der Waals surface area contributed by atoms with Crippen LogP contribution in [0.5, 0.6) is 0 Å². The second kappa shape index (κ2) is 3.39. The molecule has 1 unspecified atom stereocenters. The monoisotopic (exact) mass is 243 g/mol. The van der Waals surface area contributed by atoms with Crippen molar-refractivity contribution in [3.8, 4) is 0 Å². The van der Waals surface area contributed by atoms with Crippen molar-refractivity contribution in [3.05, 3.63) is 33.5 Å². The first kappa shape index (κ1) is 9.16. The van der Waals surface area contributed by atoms with E-state index in [4.69, 9.17) is 0 Å². The van der Waals surface area contributed by atoms with Gasteiger partial charge in [0.1, 0.15) is 5.82 Å². The Morgan fingerprint density at radius 3 is 3.08 bits per heavy atom. The van der Waals surface area contributed by atoms with Gasteiger partial charge in [-0.2, -0.15) is 0 Å². The zero-order valence-corrected chi connectivity index (χ0v) is 8.99. The predicted molar refractivity (Wildman–Crippen MR) is 54.1 cm³/mol. The van der Waals surface area contributed by atoms with E-state index in [1.54, 1.807) is 0 Å². The fraction of sp³-hybridized carbons (Fsp3) is 0.400. The lowest BCUT2D eigenvalue weighted by atomic mass is 9.97. The first-order valence-corrected chi connectivity index (χ1v) is 5.17. The third kappa shape index (κ3) is 1.63. The van der Waals surface area contributed by atoms with Crippen LogP contribution >= 0.6 is 15.9 Å². The van der Waals surface area contributed by atoms with E-state index < -0.39 is 0 Å². The minimum absolute atomic E-state index is 0.171. The maximum atomic E-state index is 13.1. The lowest BCUT2D eigenvalue weighted by Crippen LogP contribution is -2.33. The maximum absolute atomic E-state index is 13.1. The van der Waals surface area contributed by atoms with Crippen molar-refractivity contribution in [1.29, 1.82) is 0 Å². The van der Waals surface area contributed by atoms with Crippen molar-refractivity contribution in [2.24, 2.45) is 0 Å². The van der Waals surface area contributed by atoms with E-state index in [-0.39, 0.29) is 5.82 Å².